The number of rotatable bonds is 4. The van der Waals surface area contributed by atoms with Gasteiger partial charge in [0.05, 0.1) is 28.7 Å². The second-order valence-electron chi connectivity index (χ2n) is 7.19. The summed E-state index contributed by atoms with van der Waals surface area (Å²) in [5.41, 5.74) is 5.74. The van der Waals surface area contributed by atoms with Crippen LogP contribution in [0.5, 0.6) is 0 Å². The van der Waals surface area contributed by atoms with Crippen LogP contribution in [0.1, 0.15) is 23.0 Å². The molecule has 0 aliphatic carbocycles. The van der Waals surface area contributed by atoms with Gasteiger partial charge in [0, 0.05) is 18.8 Å². The first-order valence-corrected chi connectivity index (χ1v) is 9.62. The molecule has 3 aromatic heterocycles. The highest BCUT2D eigenvalue weighted by Gasteiger charge is 2.23. The number of hydrogen-bond acceptors (Lipinski definition) is 4. The molecule has 5 aromatic rings. The Labute approximate surface area is 172 Å². The van der Waals surface area contributed by atoms with Crippen molar-refractivity contribution in [2.24, 2.45) is 7.05 Å². The summed E-state index contributed by atoms with van der Waals surface area (Å²) in [6.45, 7) is 1.93. The van der Waals surface area contributed by atoms with Gasteiger partial charge in [-0.2, -0.15) is 0 Å². The normalized spacial score (nSPS) is 12.4. The first-order valence-electron chi connectivity index (χ1n) is 9.62. The third-order valence-electron chi connectivity index (χ3n) is 5.28. The average Bonchev–Trinajstić information content (AvgIpc) is 3.33. The van der Waals surface area contributed by atoms with Gasteiger partial charge >= 0.3 is 0 Å². The van der Waals surface area contributed by atoms with E-state index < -0.39 is 6.04 Å². The number of aryl methyl sites for hydroxylation is 2. The van der Waals surface area contributed by atoms with E-state index in [0.717, 1.165) is 33.5 Å². The monoisotopic (exact) mass is 398 g/mol. The molecule has 6 nitrogen and oxygen atoms in total. The Hall–Kier alpha value is -3.87. The van der Waals surface area contributed by atoms with E-state index in [-0.39, 0.29) is 5.82 Å². The van der Waals surface area contributed by atoms with Crippen LogP contribution >= 0.6 is 0 Å². The summed E-state index contributed by atoms with van der Waals surface area (Å²) in [5.74, 6) is -0.351. The second kappa shape index (κ2) is 7.18. The van der Waals surface area contributed by atoms with E-state index in [1.807, 2.05) is 67.1 Å². The van der Waals surface area contributed by atoms with Gasteiger partial charge in [0.2, 0.25) is 0 Å². The molecule has 3 heterocycles. The predicted octanol–water partition coefficient (Wildman–Crippen LogP) is 4.31. The molecule has 1 atom stereocenters. The summed E-state index contributed by atoms with van der Waals surface area (Å²) in [5, 5.41) is 8.26. The minimum Gasteiger partial charge on any atom is -0.317 e. The highest BCUT2D eigenvalue weighted by Crippen LogP contribution is 2.32. The van der Waals surface area contributed by atoms with Crippen molar-refractivity contribution in [3.05, 3.63) is 96.0 Å². The minimum atomic E-state index is -0.446. The Morgan fingerprint density at radius 3 is 2.53 bits per heavy atom. The van der Waals surface area contributed by atoms with Gasteiger partial charge in [-0.05, 0) is 36.8 Å². The number of halogens is 1. The van der Waals surface area contributed by atoms with Crippen LogP contribution in [0.25, 0.3) is 22.3 Å². The summed E-state index contributed by atoms with van der Waals surface area (Å²) in [6, 6.07) is 18.4. The van der Waals surface area contributed by atoms with E-state index in [1.165, 1.54) is 6.07 Å². The predicted molar refractivity (Wildman–Crippen MR) is 112 cm³/mol. The fraction of sp³-hybridized carbons (Fsp3) is 0.130. The van der Waals surface area contributed by atoms with Gasteiger partial charge in [-0.25, -0.2) is 14.1 Å². The summed E-state index contributed by atoms with van der Waals surface area (Å²) in [7, 11) is 1.87. The number of benzene rings is 2. The van der Waals surface area contributed by atoms with Crippen molar-refractivity contribution >= 4 is 11.0 Å². The lowest BCUT2D eigenvalue weighted by molar-refractivity contribution is 0.561. The maximum absolute atomic E-state index is 14.8. The number of hydrogen-bond donors (Lipinski definition) is 0. The molecule has 0 saturated carbocycles. The van der Waals surface area contributed by atoms with Crippen LogP contribution < -0.4 is 0 Å². The van der Waals surface area contributed by atoms with Crippen LogP contribution in [0.3, 0.4) is 0 Å². The van der Waals surface area contributed by atoms with E-state index in [4.69, 9.17) is 0 Å². The first-order chi connectivity index (χ1) is 14.6. The maximum atomic E-state index is 14.8. The molecule has 0 N–H and O–H groups in total. The van der Waals surface area contributed by atoms with Crippen LogP contribution in [0.15, 0.2) is 73.2 Å². The molecule has 0 bridgehead atoms. The van der Waals surface area contributed by atoms with Crippen molar-refractivity contribution in [3.63, 3.8) is 0 Å². The average molecular weight is 398 g/mol. The lowest BCUT2D eigenvalue weighted by Crippen LogP contribution is -2.14. The standard InChI is InChI=1S/C23H19FN6/c1-15-22(29(2)28-27-15)17-10-11-19-20(13-17)30(14-26-19)23(16-7-4-3-5-8-16)21-18(24)9-6-12-25-21/h3-14,23H,1-2H3. The molecule has 0 aliphatic rings. The largest absolute Gasteiger partial charge is 0.317 e. The van der Waals surface area contributed by atoms with E-state index in [1.54, 1.807) is 23.3 Å². The topological polar surface area (TPSA) is 61.4 Å². The van der Waals surface area contributed by atoms with Crippen molar-refractivity contribution in [3.8, 4) is 11.3 Å². The third-order valence-corrected chi connectivity index (χ3v) is 5.28. The van der Waals surface area contributed by atoms with Crippen molar-refractivity contribution in [2.75, 3.05) is 0 Å². The van der Waals surface area contributed by atoms with E-state index >= 15 is 0 Å². The van der Waals surface area contributed by atoms with E-state index in [9.17, 15) is 4.39 Å². The highest BCUT2D eigenvalue weighted by molar-refractivity contribution is 5.82. The molecule has 5 rings (SSSR count). The van der Waals surface area contributed by atoms with Crippen molar-refractivity contribution in [1.82, 2.24) is 29.5 Å². The van der Waals surface area contributed by atoms with Gasteiger partial charge in [-0.1, -0.05) is 41.6 Å². The minimum absolute atomic E-state index is 0.351. The van der Waals surface area contributed by atoms with E-state index in [0.29, 0.717) is 5.69 Å². The van der Waals surface area contributed by atoms with Crippen LogP contribution in [0.2, 0.25) is 0 Å². The number of imidazole rings is 1. The molecule has 0 saturated heterocycles. The summed E-state index contributed by atoms with van der Waals surface area (Å²) in [4.78, 5) is 8.93. The molecule has 30 heavy (non-hydrogen) atoms. The summed E-state index contributed by atoms with van der Waals surface area (Å²) >= 11 is 0. The number of nitrogens with zero attached hydrogens (tertiary/aromatic N) is 6. The molecule has 0 aliphatic heterocycles. The Balaban J connectivity index is 1.75. The fourth-order valence-corrected chi connectivity index (χ4v) is 3.92. The van der Waals surface area contributed by atoms with Gasteiger partial charge in [-0.3, -0.25) is 4.98 Å². The fourth-order valence-electron chi connectivity index (χ4n) is 3.92. The Bertz CT molecular complexity index is 1320. The lowest BCUT2D eigenvalue weighted by Gasteiger charge is -2.20. The highest BCUT2D eigenvalue weighted by atomic mass is 19.1. The zero-order valence-corrected chi connectivity index (χ0v) is 16.6. The summed E-state index contributed by atoms with van der Waals surface area (Å²) < 4.78 is 18.5. The van der Waals surface area contributed by atoms with Gasteiger partial charge in [0.15, 0.2) is 0 Å². The Morgan fingerprint density at radius 2 is 1.80 bits per heavy atom. The second-order valence-corrected chi connectivity index (χ2v) is 7.19. The maximum Gasteiger partial charge on any atom is 0.147 e. The zero-order valence-electron chi connectivity index (χ0n) is 16.6. The van der Waals surface area contributed by atoms with Crippen LogP contribution in [-0.4, -0.2) is 29.5 Å². The first kappa shape index (κ1) is 18.2. The lowest BCUT2D eigenvalue weighted by atomic mass is 10.0. The molecule has 7 heteroatoms. The molecular weight excluding hydrogens is 379 g/mol. The zero-order chi connectivity index (χ0) is 20.7. The van der Waals surface area contributed by atoms with Gasteiger partial charge in [-0.15, -0.1) is 5.10 Å². The molecule has 0 fully saturated rings. The molecule has 0 amide bonds. The third kappa shape index (κ3) is 2.95. The summed E-state index contributed by atoms with van der Waals surface area (Å²) in [6.07, 6.45) is 3.36. The number of fused-ring (bicyclic) bond motifs is 1. The van der Waals surface area contributed by atoms with Gasteiger partial charge < -0.3 is 4.57 Å². The SMILES string of the molecule is Cc1nnn(C)c1-c1ccc2ncn(C(c3ccccc3)c3ncccc3F)c2c1. The number of aromatic nitrogens is 6. The van der Waals surface area contributed by atoms with Gasteiger partial charge in [0.25, 0.3) is 0 Å². The van der Waals surface area contributed by atoms with Crippen LogP contribution in [-0.2, 0) is 7.05 Å². The van der Waals surface area contributed by atoms with Crippen LogP contribution in [0.4, 0.5) is 4.39 Å². The quantitative estimate of drug-likeness (QED) is 0.453. The van der Waals surface area contributed by atoms with Gasteiger partial charge in [0.1, 0.15) is 17.6 Å². The molecule has 148 valence electrons. The van der Waals surface area contributed by atoms with Crippen molar-refractivity contribution in [2.45, 2.75) is 13.0 Å². The number of pyridine rings is 1. The smallest absolute Gasteiger partial charge is 0.147 e. The molecular formula is C23H19FN6. The molecule has 1 unspecified atom stereocenters. The van der Waals surface area contributed by atoms with Crippen molar-refractivity contribution < 1.29 is 4.39 Å². The molecule has 2 aromatic carbocycles. The molecule has 0 radical (unpaired) electrons. The Morgan fingerprint density at radius 1 is 0.967 bits per heavy atom. The van der Waals surface area contributed by atoms with Crippen LogP contribution in [0, 0.1) is 12.7 Å². The van der Waals surface area contributed by atoms with Crippen molar-refractivity contribution in [1.29, 1.82) is 0 Å². The molecule has 0 spiro atoms. The van der Waals surface area contributed by atoms with E-state index in [2.05, 4.69) is 20.3 Å². The Kier molecular flexibility index (Phi) is 4.35.